The van der Waals surface area contributed by atoms with Crippen molar-refractivity contribution in [1.82, 2.24) is 9.80 Å². The van der Waals surface area contributed by atoms with Gasteiger partial charge in [0.1, 0.15) is 0 Å². The maximum Gasteiger partial charge on any atom is 0.254 e. The molecule has 5 rings (SSSR count). The minimum atomic E-state index is -0.427. The number of ether oxygens (including phenoxy) is 6. The van der Waals surface area contributed by atoms with Crippen molar-refractivity contribution in [1.29, 1.82) is 0 Å². The first-order valence-electron chi connectivity index (χ1n) is 11.9. The number of fused-ring (bicyclic) bond motifs is 1. The van der Waals surface area contributed by atoms with Crippen LogP contribution in [-0.2, 0) is 9.53 Å². The van der Waals surface area contributed by atoms with Gasteiger partial charge in [0.05, 0.1) is 40.5 Å². The van der Waals surface area contributed by atoms with Gasteiger partial charge in [-0.2, -0.15) is 0 Å². The maximum absolute atomic E-state index is 13.7. The van der Waals surface area contributed by atoms with Crippen molar-refractivity contribution >= 4 is 11.8 Å². The second-order valence-corrected chi connectivity index (χ2v) is 8.89. The third kappa shape index (κ3) is 4.37. The first-order valence-corrected chi connectivity index (χ1v) is 11.9. The Bertz CT molecular complexity index is 1120. The topological polar surface area (TPSA) is 96.0 Å². The van der Waals surface area contributed by atoms with Gasteiger partial charge < -0.3 is 38.2 Å². The quantitative estimate of drug-likeness (QED) is 0.598. The fourth-order valence-corrected chi connectivity index (χ4v) is 5.10. The number of rotatable bonds is 6. The molecule has 0 unspecified atom stereocenters. The highest BCUT2D eigenvalue weighted by atomic mass is 16.7. The van der Waals surface area contributed by atoms with Crippen molar-refractivity contribution in [3.8, 4) is 28.7 Å². The van der Waals surface area contributed by atoms with Crippen molar-refractivity contribution in [3.05, 3.63) is 41.5 Å². The van der Waals surface area contributed by atoms with Crippen LogP contribution in [0, 0.1) is 5.92 Å². The molecule has 10 nitrogen and oxygen atoms in total. The predicted octanol–water partition coefficient (Wildman–Crippen LogP) is 2.16. The smallest absolute Gasteiger partial charge is 0.254 e. The Morgan fingerprint density at radius 3 is 2.22 bits per heavy atom. The Morgan fingerprint density at radius 2 is 1.56 bits per heavy atom. The number of morpholine rings is 1. The third-order valence-electron chi connectivity index (χ3n) is 6.98. The van der Waals surface area contributed by atoms with E-state index in [9.17, 15) is 9.59 Å². The molecule has 0 aromatic heterocycles. The largest absolute Gasteiger partial charge is 0.493 e. The summed E-state index contributed by atoms with van der Waals surface area (Å²) in [6.45, 7) is 2.88. The van der Waals surface area contributed by atoms with Crippen molar-refractivity contribution in [2.45, 2.75) is 5.92 Å². The highest BCUT2D eigenvalue weighted by molar-refractivity contribution is 5.96. The van der Waals surface area contributed by atoms with E-state index < -0.39 is 5.92 Å². The SMILES string of the molecule is COc1cc([C@@H]2CN(C(=O)c3ccc4c(c3)OCO4)C[C@H]2C(=O)N2CCOCC2)cc(OC)c1OC. The van der Waals surface area contributed by atoms with E-state index in [0.29, 0.717) is 73.7 Å². The molecule has 36 heavy (non-hydrogen) atoms. The van der Waals surface area contributed by atoms with E-state index in [0.717, 1.165) is 5.56 Å². The zero-order valence-corrected chi connectivity index (χ0v) is 20.7. The van der Waals surface area contributed by atoms with Gasteiger partial charge in [-0.05, 0) is 35.9 Å². The van der Waals surface area contributed by atoms with Crippen LogP contribution in [0.2, 0.25) is 0 Å². The summed E-state index contributed by atoms with van der Waals surface area (Å²) in [6, 6.07) is 8.87. The van der Waals surface area contributed by atoms with Crippen LogP contribution in [-0.4, -0.2) is 89.1 Å². The molecule has 10 heteroatoms. The molecule has 2 aromatic rings. The number of benzene rings is 2. The summed E-state index contributed by atoms with van der Waals surface area (Å²) in [4.78, 5) is 30.8. The number of carbonyl (C=O) groups is 2. The molecule has 2 atom stereocenters. The molecule has 0 aliphatic carbocycles. The molecule has 0 spiro atoms. The molecule has 0 radical (unpaired) electrons. The van der Waals surface area contributed by atoms with Gasteiger partial charge in [-0.3, -0.25) is 9.59 Å². The van der Waals surface area contributed by atoms with Gasteiger partial charge in [-0.1, -0.05) is 0 Å². The Balaban J connectivity index is 1.48. The predicted molar refractivity (Wildman–Crippen MR) is 128 cm³/mol. The fraction of sp³-hybridized carbons (Fsp3) is 0.462. The normalized spacial score (nSPS) is 20.9. The van der Waals surface area contributed by atoms with E-state index in [1.54, 1.807) is 44.4 Å². The first kappa shape index (κ1) is 24.1. The molecule has 2 fully saturated rings. The lowest BCUT2D eigenvalue weighted by Gasteiger charge is -2.31. The van der Waals surface area contributed by atoms with Crippen LogP contribution in [0.5, 0.6) is 28.7 Å². The third-order valence-corrected chi connectivity index (χ3v) is 6.98. The number of carbonyl (C=O) groups excluding carboxylic acids is 2. The number of nitrogens with zero attached hydrogens (tertiary/aromatic N) is 2. The standard InChI is InChI=1S/C26H30N2O8/c1-31-22-11-17(12-23(32-2)24(22)33-3)18-13-28(14-19(18)26(30)27-6-8-34-9-7-27)25(29)16-4-5-20-21(10-16)36-15-35-20/h4-5,10-12,18-19H,6-9,13-15H2,1-3H3/t18-,19+/m0/s1. The zero-order valence-electron chi connectivity index (χ0n) is 20.7. The fourth-order valence-electron chi connectivity index (χ4n) is 5.10. The molecule has 3 heterocycles. The van der Waals surface area contributed by atoms with Gasteiger partial charge in [-0.15, -0.1) is 0 Å². The average Bonchev–Trinajstić information content (AvgIpc) is 3.59. The monoisotopic (exact) mass is 498 g/mol. The number of amides is 2. The molecule has 192 valence electrons. The van der Waals surface area contributed by atoms with E-state index in [4.69, 9.17) is 28.4 Å². The second kappa shape index (κ2) is 10.1. The molecule has 0 bridgehead atoms. The molecular weight excluding hydrogens is 468 g/mol. The first-order chi connectivity index (χ1) is 17.5. The van der Waals surface area contributed by atoms with Gasteiger partial charge in [0, 0.05) is 37.7 Å². The van der Waals surface area contributed by atoms with Crippen LogP contribution in [0.4, 0.5) is 0 Å². The molecule has 2 amide bonds. The number of hydrogen-bond acceptors (Lipinski definition) is 8. The second-order valence-electron chi connectivity index (χ2n) is 8.89. The van der Waals surface area contributed by atoms with E-state index in [2.05, 4.69) is 0 Å². The molecule has 2 aromatic carbocycles. The summed E-state index contributed by atoms with van der Waals surface area (Å²) in [7, 11) is 4.66. The molecule has 0 N–H and O–H groups in total. The molecule has 2 saturated heterocycles. The lowest BCUT2D eigenvalue weighted by atomic mass is 9.87. The minimum absolute atomic E-state index is 0.0121. The Kier molecular flexibility index (Phi) is 6.77. The van der Waals surface area contributed by atoms with Crippen molar-refractivity contribution in [3.63, 3.8) is 0 Å². The Hall–Kier alpha value is -3.66. The van der Waals surface area contributed by atoms with Gasteiger partial charge in [0.15, 0.2) is 23.0 Å². The summed E-state index contributed by atoms with van der Waals surface area (Å²) in [5, 5.41) is 0. The van der Waals surface area contributed by atoms with Gasteiger partial charge in [0.2, 0.25) is 18.4 Å². The molecule has 0 saturated carbocycles. The highest BCUT2D eigenvalue weighted by Gasteiger charge is 2.43. The Labute approximate surface area is 209 Å². The molecule has 3 aliphatic rings. The van der Waals surface area contributed by atoms with Gasteiger partial charge >= 0.3 is 0 Å². The van der Waals surface area contributed by atoms with Crippen LogP contribution < -0.4 is 23.7 Å². The van der Waals surface area contributed by atoms with E-state index in [1.165, 1.54) is 0 Å². The summed E-state index contributed by atoms with van der Waals surface area (Å²) in [5.41, 5.74) is 1.33. The van der Waals surface area contributed by atoms with Crippen LogP contribution in [0.25, 0.3) is 0 Å². The van der Waals surface area contributed by atoms with Crippen LogP contribution in [0.15, 0.2) is 30.3 Å². The van der Waals surface area contributed by atoms with Crippen LogP contribution >= 0.6 is 0 Å². The van der Waals surface area contributed by atoms with Crippen LogP contribution in [0.1, 0.15) is 21.8 Å². The summed E-state index contributed by atoms with van der Waals surface area (Å²) in [5.74, 6) is 1.81. The number of hydrogen-bond donors (Lipinski definition) is 0. The average molecular weight is 499 g/mol. The van der Waals surface area contributed by atoms with Gasteiger partial charge in [0.25, 0.3) is 5.91 Å². The maximum atomic E-state index is 13.7. The molecule has 3 aliphatic heterocycles. The van der Waals surface area contributed by atoms with Crippen molar-refractivity contribution in [2.75, 3.05) is 67.5 Å². The summed E-state index contributed by atoms with van der Waals surface area (Å²) < 4.78 is 32.8. The minimum Gasteiger partial charge on any atom is -0.493 e. The summed E-state index contributed by atoms with van der Waals surface area (Å²) in [6.07, 6.45) is 0. The zero-order chi connectivity index (χ0) is 25.2. The van der Waals surface area contributed by atoms with Crippen molar-refractivity contribution < 1.29 is 38.0 Å². The van der Waals surface area contributed by atoms with E-state index in [1.807, 2.05) is 17.0 Å². The van der Waals surface area contributed by atoms with Crippen molar-refractivity contribution in [2.24, 2.45) is 5.92 Å². The van der Waals surface area contributed by atoms with Gasteiger partial charge in [-0.25, -0.2) is 0 Å². The van der Waals surface area contributed by atoms with E-state index >= 15 is 0 Å². The van der Waals surface area contributed by atoms with E-state index in [-0.39, 0.29) is 24.5 Å². The van der Waals surface area contributed by atoms with Crippen LogP contribution in [0.3, 0.4) is 0 Å². The Morgan fingerprint density at radius 1 is 0.861 bits per heavy atom. The molecular formula is C26H30N2O8. The lowest BCUT2D eigenvalue weighted by Crippen LogP contribution is -2.45. The number of methoxy groups -OCH3 is 3. The number of likely N-dealkylation sites (tertiary alicyclic amines) is 1. The summed E-state index contributed by atoms with van der Waals surface area (Å²) >= 11 is 0. The highest BCUT2D eigenvalue weighted by Crippen LogP contribution is 2.44. The lowest BCUT2D eigenvalue weighted by molar-refractivity contribution is -0.139.